The van der Waals surface area contributed by atoms with Crippen LogP contribution in [0.15, 0.2) is 47.1 Å². The smallest absolute Gasteiger partial charge is 0.243 e. The predicted molar refractivity (Wildman–Crippen MR) is 81.5 cm³/mol. The van der Waals surface area contributed by atoms with E-state index in [1.807, 2.05) is 13.0 Å². The van der Waals surface area contributed by atoms with Crippen molar-refractivity contribution in [3.8, 4) is 5.75 Å². The molecule has 1 N–H and O–H groups in total. The zero-order chi connectivity index (χ0) is 15.2. The van der Waals surface area contributed by atoms with Gasteiger partial charge < -0.3 is 14.5 Å². The Morgan fingerprint density at radius 1 is 1.33 bits per heavy atom. The van der Waals surface area contributed by atoms with Crippen LogP contribution in [0.2, 0.25) is 0 Å². The maximum Gasteiger partial charge on any atom is 0.243 e. The molecule has 0 saturated carbocycles. The number of carbonyl (C=O) groups is 1. The molecule has 0 fully saturated rings. The van der Waals surface area contributed by atoms with E-state index in [0.717, 1.165) is 23.5 Å². The van der Waals surface area contributed by atoms with Crippen LogP contribution in [-0.2, 0) is 4.79 Å². The molecule has 2 atom stereocenters. The molecule has 0 bridgehead atoms. The monoisotopic (exact) mass is 307 g/mol. The molecule has 21 heavy (non-hydrogen) atoms. The van der Waals surface area contributed by atoms with Gasteiger partial charge in [0.2, 0.25) is 5.91 Å². The van der Waals surface area contributed by atoms with Gasteiger partial charge in [-0.2, -0.15) is 0 Å². The first-order valence-corrected chi connectivity index (χ1v) is 7.21. The molecule has 1 aromatic carbocycles. The van der Waals surface area contributed by atoms with Crippen molar-refractivity contribution in [2.75, 3.05) is 7.11 Å². The number of benzene rings is 1. The molecule has 4 nitrogen and oxygen atoms in total. The number of halogens is 1. The second kappa shape index (κ2) is 7.18. The van der Waals surface area contributed by atoms with Crippen molar-refractivity contribution < 1.29 is 13.9 Å². The van der Waals surface area contributed by atoms with Crippen molar-refractivity contribution in [2.24, 2.45) is 0 Å². The topological polar surface area (TPSA) is 51.5 Å². The van der Waals surface area contributed by atoms with Gasteiger partial charge in [-0.25, -0.2) is 0 Å². The average molecular weight is 308 g/mol. The van der Waals surface area contributed by atoms with Crippen LogP contribution in [0.3, 0.4) is 0 Å². The fourth-order valence-electron chi connectivity index (χ4n) is 2.03. The van der Waals surface area contributed by atoms with Crippen molar-refractivity contribution in [3.05, 3.63) is 54.0 Å². The van der Waals surface area contributed by atoms with Gasteiger partial charge >= 0.3 is 0 Å². The van der Waals surface area contributed by atoms with Gasteiger partial charge in [0, 0.05) is 0 Å². The number of rotatable bonds is 6. The van der Waals surface area contributed by atoms with Crippen LogP contribution in [0.25, 0.3) is 0 Å². The second-order valence-electron chi connectivity index (χ2n) is 4.62. The first kappa shape index (κ1) is 15.4. The first-order chi connectivity index (χ1) is 10.2. The van der Waals surface area contributed by atoms with Gasteiger partial charge in [0.25, 0.3) is 0 Å². The lowest BCUT2D eigenvalue weighted by Crippen LogP contribution is -2.30. The van der Waals surface area contributed by atoms with Crippen molar-refractivity contribution in [1.82, 2.24) is 5.32 Å². The number of nitrogens with one attached hydrogen (secondary N) is 1. The van der Waals surface area contributed by atoms with Crippen LogP contribution in [0.4, 0.5) is 0 Å². The van der Waals surface area contributed by atoms with Gasteiger partial charge in [-0.05, 0) is 36.2 Å². The van der Waals surface area contributed by atoms with Crippen LogP contribution >= 0.6 is 11.6 Å². The van der Waals surface area contributed by atoms with E-state index in [2.05, 4.69) is 5.32 Å². The Morgan fingerprint density at radius 3 is 2.57 bits per heavy atom. The van der Waals surface area contributed by atoms with Crippen LogP contribution in [-0.4, -0.2) is 13.0 Å². The van der Waals surface area contributed by atoms with Gasteiger partial charge in [-0.1, -0.05) is 19.1 Å². The highest BCUT2D eigenvalue weighted by molar-refractivity contribution is 6.30. The Bertz CT molecular complexity index is 566. The Hall–Kier alpha value is -1.94. The maximum absolute atomic E-state index is 12.2. The highest BCUT2D eigenvalue weighted by atomic mass is 35.5. The van der Waals surface area contributed by atoms with Crippen molar-refractivity contribution in [1.29, 1.82) is 0 Å². The summed E-state index contributed by atoms with van der Waals surface area (Å²) in [7, 11) is 1.59. The van der Waals surface area contributed by atoms with Gasteiger partial charge in [0.05, 0.1) is 19.4 Å². The lowest BCUT2D eigenvalue weighted by Gasteiger charge is -2.17. The Balaban J connectivity index is 2.04. The van der Waals surface area contributed by atoms with Crippen LogP contribution in [0.1, 0.15) is 36.1 Å². The van der Waals surface area contributed by atoms with Crippen molar-refractivity contribution in [3.63, 3.8) is 0 Å². The van der Waals surface area contributed by atoms with Crippen LogP contribution < -0.4 is 10.1 Å². The fourth-order valence-corrected chi connectivity index (χ4v) is 2.24. The fraction of sp³-hybridized carbons (Fsp3) is 0.312. The molecule has 0 aliphatic rings. The molecular formula is C16H18ClNO3. The largest absolute Gasteiger partial charge is 0.497 e. The lowest BCUT2D eigenvalue weighted by molar-refractivity contribution is -0.121. The third-order valence-corrected chi connectivity index (χ3v) is 3.70. The zero-order valence-corrected chi connectivity index (χ0v) is 12.8. The standard InChI is InChI=1S/C16H18ClNO3/c1-3-13(14-5-4-10-21-14)18-16(19)15(17)11-6-8-12(20-2)9-7-11/h4-10,13,15H,3H2,1-2H3,(H,18,19). The van der Waals surface area contributed by atoms with Gasteiger partial charge in [0.15, 0.2) is 0 Å². The molecule has 0 aliphatic carbocycles. The first-order valence-electron chi connectivity index (χ1n) is 6.77. The van der Waals surface area contributed by atoms with Crippen LogP contribution in [0, 0.1) is 0 Å². The SMILES string of the molecule is CCC(NC(=O)C(Cl)c1ccc(OC)cc1)c1ccco1. The van der Waals surface area contributed by atoms with Gasteiger partial charge in [-0.15, -0.1) is 11.6 Å². The molecule has 2 aromatic rings. The van der Waals surface area contributed by atoms with E-state index in [9.17, 15) is 4.79 Å². The summed E-state index contributed by atoms with van der Waals surface area (Å²) in [6, 6.07) is 10.6. The number of amides is 1. The molecule has 5 heteroatoms. The van der Waals surface area contributed by atoms with E-state index in [1.165, 1.54) is 0 Å². The van der Waals surface area contributed by atoms with E-state index in [-0.39, 0.29) is 11.9 Å². The predicted octanol–water partition coefficient (Wildman–Crippen LogP) is 3.84. The van der Waals surface area contributed by atoms with Crippen LogP contribution in [0.5, 0.6) is 5.75 Å². The minimum atomic E-state index is -0.750. The summed E-state index contributed by atoms with van der Waals surface area (Å²) < 4.78 is 10.4. The van der Waals surface area contributed by atoms with Gasteiger partial charge in [0.1, 0.15) is 16.9 Å². The molecule has 1 amide bonds. The molecule has 0 spiro atoms. The Kier molecular flexibility index (Phi) is 5.28. The molecule has 2 unspecified atom stereocenters. The molecule has 0 saturated heterocycles. The van der Waals surface area contributed by atoms with E-state index in [4.69, 9.17) is 20.8 Å². The number of ether oxygens (including phenoxy) is 1. The van der Waals surface area contributed by atoms with Gasteiger partial charge in [-0.3, -0.25) is 4.79 Å². The summed E-state index contributed by atoms with van der Waals surface area (Å²) in [5, 5.41) is 2.15. The number of hydrogen-bond acceptors (Lipinski definition) is 3. The Morgan fingerprint density at radius 2 is 2.05 bits per heavy atom. The highest BCUT2D eigenvalue weighted by Crippen LogP contribution is 2.25. The minimum Gasteiger partial charge on any atom is -0.497 e. The zero-order valence-electron chi connectivity index (χ0n) is 12.0. The summed E-state index contributed by atoms with van der Waals surface area (Å²) in [5.74, 6) is 1.21. The van der Waals surface area contributed by atoms with Crippen molar-refractivity contribution in [2.45, 2.75) is 24.8 Å². The summed E-state index contributed by atoms with van der Waals surface area (Å²) in [4.78, 5) is 12.2. The van der Waals surface area contributed by atoms with E-state index in [0.29, 0.717) is 0 Å². The minimum absolute atomic E-state index is 0.174. The van der Waals surface area contributed by atoms with E-state index < -0.39 is 5.38 Å². The number of carbonyl (C=O) groups excluding carboxylic acids is 1. The summed E-state index contributed by atoms with van der Waals surface area (Å²) >= 11 is 6.23. The average Bonchev–Trinajstić information content (AvgIpc) is 3.06. The molecule has 112 valence electrons. The molecule has 0 aliphatic heterocycles. The third-order valence-electron chi connectivity index (χ3n) is 3.25. The number of hydrogen-bond donors (Lipinski definition) is 1. The molecule has 0 radical (unpaired) electrons. The summed E-state index contributed by atoms with van der Waals surface area (Å²) in [6.45, 7) is 1.98. The number of methoxy groups -OCH3 is 1. The quantitative estimate of drug-likeness (QED) is 0.825. The summed E-state index contributed by atoms with van der Waals surface area (Å²) in [5.41, 5.74) is 0.726. The normalized spacial score (nSPS) is 13.5. The highest BCUT2D eigenvalue weighted by Gasteiger charge is 2.22. The molecular weight excluding hydrogens is 290 g/mol. The number of furan rings is 1. The third kappa shape index (κ3) is 3.79. The maximum atomic E-state index is 12.2. The second-order valence-corrected chi connectivity index (χ2v) is 5.06. The molecule has 2 rings (SSSR count). The molecule has 1 heterocycles. The summed E-state index contributed by atoms with van der Waals surface area (Å²) in [6.07, 6.45) is 2.32. The molecule has 1 aromatic heterocycles. The van der Waals surface area contributed by atoms with E-state index in [1.54, 1.807) is 43.7 Å². The van der Waals surface area contributed by atoms with Crippen molar-refractivity contribution >= 4 is 17.5 Å². The Labute approximate surface area is 129 Å². The van der Waals surface area contributed by atoms with E-state index >= 15 is 0 Å². The number of alkyl halides is 1. The lowest BCUT2D eigenvalue weighted by atomic mass is 10.1.